The van der Waals surface area contributed by atoms with Gasteiger partial charge in [-0.25, -0.2) is 4.98 Å². The van der Waals surface area contributed by atoms with Gasteiger partial charge >= 0.3 is 6.18 Å². The van der Waals surface area contributed by atoms with Crippen molar-refractivity contribution in [2.75, 3.05) is 0 Å². The molecule has 0 amide bonds. The number of aromatic amines is 1. The molecule has 0 fully saturated rings. The predicted octanol–water partition coefficient (Wildman–Crippen LogP) is 6.00. The summed E-state index contributed by atoms with van der Waals surface area (Å²) in [5.41, 5.74) is 1.63. The van der Waals surface area contributed by atoms with Crippen LogP contribution in [0, 0.1) is 0 Å². The van der Waals surface area contributed by atoms with E-state index in [4.69, 9.17) is 11.6 Å². The van der Waals surface area contributed by atoms with Gasteiger partial charge in [-0.1, -0.05) is 50.6 Å². The zero-order chi connectivity index (χ0) is 21.8. The van der Waals surface area contributed by atoms with Crippen molar-refractivity contribution < 1.29 is 13.2 Å². The molecule has 9 heteroatoms. The molecule has 0 aliphatic heterocycles. The quantitative estimate of drug-likeness (QED) is 0.422. The second-order valence-corrected chi connectivity index (χ2v) is 8.48. The molecule has 3 heterocycles. The summed E-state index contributed by atoms with van der Waals surface area (Å²) in [7, 11) is 1.77. The lowest BCUT2D eigenvalue weighted by atomic mass is 9.92. The first-order chi connectivity index (χ1) is 14.0. The number of imidazole rings is 1. The molecular formula is C21H19ClF3N5. The van der Waals surface area contributed by atoms with Crippen molar-refractivity contribution in [2.45, 2.75) is 32.4 Å². The van der Waals surface area contributed by atoms with Gasteiger partial charge in [-0.15, -0.1) is 0 Å². The minimum atomic E-state index is -4.48. The second-order valence-electron chi connectivity index (χ2n) is 8.10. The maximum absolute atomic E-state index is 13.4. The van der Waals surface area contributed by atoms with Crippen LogP contribution in [0.15, 0.2) is 36.5 Å². The van der Waals surface area contributed by atoms with Gasteiger partial charge in [0, 0.05) is 18.0 Å². The molecule has 3 aromatic heterocycles. The van der Waals surface area contributed by atoms with E-state index in [2.05, 4.69) is 20.1 Å². The van der Waals surface area contributed by atoms with E-state index in [-0.39, 0.29) is 16.7 Å². The number of fused-ring (bicyclic) bond motifs is 1. The van der Waals surface area contributed by atoms with Gasteiger partial charge in [0.15, 0.2) is 5.82 Å². The zero-order valence-corrected chi connectivity index (χ0v) is 17.5. The molecule has 156 valence electrons. The Hall–Kier alpha value is -2.87. The van der Waals surface area contributed by atoms with Gasteiger partial charge in [-0.05, 0) is 12.1 Å². The Labute approximate surface area is 175 Å². The molecule has 5 nitrogen and oxygen atoms in total. The number of nitrogens with one attached hydrogen (secondary N) is 1. The summed E-state index contributed by atoms with van der Waals surface area (Å²) in [6, 6.07) is 6.89. The number of aromatic nitrogens is 5. The standard InChI is InChI=1S/C21H19ClF3N5/c1-20(2,3)18-16(22)17(30(4)29-18)19-27-14-9-13(26-10-15(14)28-19)11-7-5-6-8-12(11)21(23,24)25/h5-10H,1-4H3,(H,27,28). The molecule has 0 unspecified atom stereocenters. The summed E-state index contributed by atoms with van der Waals surface area (Å²) >= 11 is 6.59. The summed E-state index contributed by atoms with van der Waals surface area (Å²) in [5, 5.41) is 5.00. The molecule has 0 saturated heterocycles. The van der Waals surface area contributed by atoms with Crippen molar-refractivity contribution in [2.24, 2.45) is 7.05 Å². The minimum Gasteiger partial charge on any atom is -0.335 e. The van der Waals surface area contributed by atoms with E-state index in [1.54, 1.807) is 17.8 Å². The van der Waals surface area contributed by atoms with Crippen molar-refractivity contribution in [1.29, 1.82) is 0 Å². The lowest BCUT2D eigenvalue weighted by Crippen LogP contribution is -2.12. The molecule has 0 aliphatic rings. The lowest BCUT2D eigenvalue weighted by molar-refractivity contribution is -0.137. The molecule has 0 spiro atoms. The Bertz CT molecular complexity index is 1250. The second kappa shape index (κ2) is 6.84. The highest BCUT2D eigenvalue weighted by Gasteiger charge is 2.33. The third-order valence-corrected chi connectivity index (χ3v) is 5.16. The molecule has 0 saturated carbocycles. The molecule has 1 aromatic carbocycles. The van der Waals surface area contributed by atoms with Crippen LogP contribution in [0.5, 0.6) is 0 Å². The van der Waals surface area contributed by atoms with Crippen LogP contribution in [-0.4, -0.2) is 24.7 Å². The number of pyridine rings is 1. The molecule has 1 N–H and O–H groups in total. The maximum Gasteiger partial charge on any atom is 0.417 e. The van der Waals surface area contributed by atoms with Crippen LogP contribution in [0.4, 0.5) is 13.2 Å². The summed E-state index contributed by atoms with van der Waals surface area (Å²) in [6.45, 7) is 6.04. The number of halogens is 4. The zero-order valence-electron chi connectivity index (χ0n) is 16.8. The van der Waals surface area contributed by atoms with Gasteiger partial charge in [0.25, 0.3) is 0 Å². The SMILES string of the molecule is Cn1nc(C(C)(C)C)c(Cl)c1-c1nc2cc(-c3ccccc3C(F)(F)F)ncc2[nH]1. The highest BCUT2D eigenvalue weighted by atomic mass is 35.5. The maximum atomic E-state index is 13.4. The molecule has 0 atom stereocenters. The van der Waals surface area contributed by atoms with Gasteiger partial charge in [-0.2, -0.15) is 18.3 Å². The van der Waals surface area contributed by atoms with Crippen LogP contribution in [0.2, 0.25) is 5.02 Å². The van der Waals surface area contributed by atoms with Crippen molar-refractivity contribution in [3.8, 4) is 22.8 Å². The van der Waals surface area contributed by atoms with Gasteiger partial charge in [0.2, 0.25) is 0 Å². The molecule has 0 bridgehead atoms. The number of H-pyrrole nitrogens is 1. The van der Waals surface area contributed by atoms with E-state index in [1.807, 2.05) is 20.8 Å². The highest BCUT2D eigenvalue weighted by molar-refractivity contribution is 6.33. The first kappa shape index (κ1) is 20.4. The summed E-state index contributed by atoms with van der Waals surface area (Å²) < 4.78 is 41.8. The monoisotopic (exact) mass is 433 g/mol. The number of rotatable bonds is 2. The smallest absolute Gasteiger partial charge is 0.335 e. The number of hydrogen-bond donors (Lipinski definition) is 1. The van der Waals surface area contributed by atoms with Crippen LogP contribution >= 0.6 is 11.6 Å². The van der Waals surface area contributed by atoms with Gasteiger partial charge in [0.05, 0.1) is 39.2 Å². The third kappa shape index (κ3) is 3.45. The van der Waals surface area contributed by atoms with Gasteiger partial charge in [-0.3, -0.25) is 9.67 Å². The number of alkyl halides is 3. The molecule has 30 heavy (non-hydrogen) atoms. The van der Waals surface area contributed by atoms with Crippen molar-refractivity contribution in [3.63, 3.8) is 0 Å². The first-order valence-corrected chi connectivity index (χ1v) is 9.60. The Balaban J connectivity index is 1.84. The Kier molecular flexibility index (Phi) is 4.65. The fraction of sp³-hybridized carbons (Fsp3) is 0.286. The third-order valence-electron chi connectivity index (χ3n) is 4.80. The van der Waals surface area contributed by atoms with Crippen LogP contribution in [0.3, 0.4) is 0 Å². The van der Waals surface area contributed by atoms with Crippen molar-refractivity contribution in [3.05, 3.63) is 52.8 Å². The molecular weight excluding hydrogens is 415 g/mol. The Morgan fingerprint density at radius 3 is 2.43 bits per heavy atom. The average Bonchev–Trinajstić information content (AvgIpc) is 3.20. The lowest BCUT2D eigenvalue weighted by Gasteiger charge is -2.15. The number of nitrogens with zero attached hydrogens (tertiary/aromatic N) is 4. The normalized spacial score (nSPS) is 12.7. The van der Waals surface area contributed by atoms with Crippen molar-refractivity contribution >= 4 is 22.6 Å². The van der Waals surface area contributed by atoms with Crippen LogP contribution in [-0.2, 0) is 18.6 Å². The van der Waals surface area contributed by atoms with E-state index in [9.17, 15) is 13.2 Å². The molecule has 4 rings (SSSR count). The number of hydrogen-bond acceptors (Lipinski definition) is 3. The Morgan fingerprint density at radius 2 is 1.80 bits per heavy atom. The summed E-state index contributed by atoms with van der Waals surface area (Å²) in [6.07, 6.45) is -3.00. The van der Waals surface area contributed by atoms with E-state index in [1.165, 1.54) is 24.4 Å². The predicted molar refractivity (Wildman–Crippen MR) is 110 cm³/mol. The number of aryl methyl sites for hydroxylation is 1. The van der Waals surface area contributed by atoms with Crippen LogP contribution < -0.4 is 0 Å². The van der Waals surface area contributed by atoms with Crippen molar-refractivity contribution in [1.82, 2.24) is 24.7 Å². The van der Waals surface area contributed by atoms with Crippen LogP contribution in [0.25, 0.3) is 33.8 Å². The van der Waals surface area contributed by atoms with E-state index in [0.29, 0.717) is 27.6 Å². The van der Waals surface area contributed by atoms with Crippen LogP contribution in [0.1, 0.15) is 32.0 Å². The van der Waals surface area contributed by atoms with E-state index >= 15 is 0 Å². The van der Waals surface area contributed by atoms with Gasteiger partial charge in [0.1, 0.15) is 5.69 Å². The fourth-order valence-electron chi connectivity index (χ4n) is 3.36. The number of benzene rings is 1. The molecule has 4 aromatic rings. The largest absolute Gasteiger partial charge is 0.417 e. The summed E-state index contributed by atoms with van der Waals surface area (Å²) in [4.78, 5) is 11.9. The Morgan fingerprint density at radius 1 is 1.10 bits per heavy atom. The average molecular weight is 434 g/mol. The first-order valence-electron chi connectivity index (χ1n) is 9.22. The molecule has 0 radical (unpaired) electrons. The molecule has 0 aliphatic carbocycles. The topological polar surface area (TPSA) is 59.4 Å². The highest BCUT2D eigenvalue weighted by Crippen LogP contribution is 2.38. The van der Waals surface area contributed by atoms with E-state index < -0.39 is 11.7 Å². The van der Waals surface area contributed by atoms with E-state index in [0.717, 1.165) is 11.8 Å². The minimum absolute atomic E-state index is 0.00466. The summed E-state index contributed by atoms with van der Waals surface area (Å²) in [5.74, 6) is 0.476. The fourth-order valence-corrected chi connectivity index (χ4v) is 3.89. The van der Waals surface area contributed by atoms with Gasteiger partial charge < -0.3 is 4.98 Å².